The van der Waals surface area contributed by atoms with Gasteiger partial charge in [-0.15, -0.1) is 0 Å². The summed E-state index contributed by atoms with van der Waals surface area (Å²) in [5.74, 6) is -0.467. The molecular formula is C27H24F3N3O5. The summed E-state index contributed by atoms with van der Waals surface area (Å²) in [6.07, 6.45) is -3.44. The molecule has 3 N–H and O–H groups in total. The van der Waals surface area contributed by atoms with Crippen LogP contribution in [0.15, 0.2) is 42.5 Å². The first-order chi connectivity index (χ1) is 17.9. The van der Waals surface area contributed by atoms with Crippen LogP contribution >= 0.6 is 0 Å². The number of fused-ring (bicyclic) bond motifs is 5. The number of hydrogen-bond acceptors (Lipinski definition) is 6. The fraction of sp³-hybridized carbons (Fsp3) is 0.333. The number of nitrogens with one attached hydrogen (secondary N) is 1. The fourth-order valence-corrected chi connectivity index (χ4v) is 5.53. The molecule has 5 rings (SSSR count). The molecule has 198 valence electrons. The number of halogens is 3. The molecule has 1 amide bonds. The van der Waals surface area contributed by atoms with Crippen LogP contribution in [-0.4, -0.2) is 27.3 Å². The van der Waals surface area contributed by atoms with Gasteiger partial charge in [-0.1, -0.05) is 0 Å². The van der Waals surface area contributed by atoms with Crippen molar-refractivity contribution in [2.75, 3.05) is 11.9 Å². The maximum absolute atomic E-state index is 13.6. The Balaban J connectivity index is 1.46. The molecule has 0 saturated carbocycles. The number of hydrogen-bond donors (Lipinski definition) is 3. The van der Waals surface area contributed by atoms with Crippen LogP contribution in [0, 0.1) is 11.3 Å². The van der Waals surface area contributed by atoms with Gasteiger partial charge in [-0.3, -0.25) is 9.36 Å². The average Bonchev–Trinajstić information content (AvgIpc) is 3.43. The van der Waals surface area contributed by atoms with E-state index in [0.29, 0.717) is 41.8 Å². The van der Waals surface area contributed by atoms with Gasteiger partial charge < -0.3 is 25.0 Å². The molecule has 2 aliphatic heterocycles. The van der Waals surface area contributed by atoms with Crippen molar-refractivity contribution in [3.8, 4) is 29.3 Å². The molecule has 0 radical (unpaired) electrons. The van der Waals surface area contributed by atoms with E-state index in [1.165, 1.54) is 19.1 Å². The molecule has 1 fully saturated rings. The van der Waals surface area contributed by atoms with Gasteiger partial charge in [0.05, 0.1) is 46.2 Å². The SMILES string of the molecule is CC(=O)Nc1ccc(OCC[C@@]23CC[C@@](C)(O2)c2c3c(O)n(-c3ccc(C#N)c(C(F)(F)F)c3)c2O)cc1. The molecule has 2 bridgehead atoms. The predicted molar refractivity (Wildman–Crippen MR) is 129 cm³/mol. The van der Waals surface area contributed by atoms with Crippen molar-refractivity contribution in [2.45, 2.75) is 50.5 Å². The number of carbonyl (C=O) groups is 1. The lowest BCUT2D eigenvalue weighted by Gasteiger charge is -2.26. The van der Waals surface area contributed by atoms with Gasteiger partial charge in [0.15, 0.2) is 0 Å². The summed E-state index contributed by atoms with van der Waals surface area (Å²) < 4.78 is 53.9. The number of carbonyl (C=O) groups excluding carboxylic acids is 1. The van der Waals surface area contributed by atoms with Crippen LogP contribution in [-0.2, 0) is 26.9 Å². The van der Waals surface area contributed by atoms with E-state index >= 15 is 0 Å². The van der Waals surface area contributed by atoms with Crippen molar-refractivity contribution in [3.05, 3.63) is 64.7 Å². The van der Waals surface area contributed by atoms with Crippen molar-refractivity contribution in [3.63, 3.8) is 0 Å². The topological polar surface area (TPSA) is 117 Å². The zero-order valence-electron chi connectivity index (χ0n) is 20.5. The fourth-order valence-electron chi connectivity index (χ4n) is 5.53. The maximum Gasteiger partial charge on any atom is 0.417 e. The number of anilines is 1. The number of ether oxygens (including phenoxy) is 2. The maximum atomic E-state index is 13.6. The Morgan fingerprint density at radius 1 is 1.16 bits per heavy atom. The quantitative estimate of drug-likeness (QED) is 0.393. The molecule has 1 saturated heterocycles. The van der Waals surface area contributed by atoms with Gasteiger partial charge in [-0.25, -0.2) is 0 Å². The minimum Gasteiger partial charge on any atom is -0.494 e. The van der Waals surface area contributed by atoms with Crippen LogP contribution in [0.1, 0.15) is 55.4 Å². The van der Waals surface area contributed by atoms with Crippen molar-refractivity contribution < 1.29 is 37.7 Å². The normalized spacial score (nSPS) is 21.7. The number of amides is 1. The minimum atomic E-state index is -4.80. The van der Waals surface area contributed by atoms with Crippen LogP contribution in [0.25, 0.3) is 5.69 Å². The summed E-state index contributed by atoms with van der Waals surface area (Å²) in [5, 5.41) is 34.1. The van der Waals surface area contributed by atoms with E-state index < -0.39 is 40.3 Å². The van der Waals surface area contributed by atoms with E-state index in [2.05, 4.69) is 5.32 Å². The Bertz CT molecular complexity index is 1480. The monoisotopic (exact) mass is 527 g/mol. The Morgan fingerprint density at radius 3 is 2.47 bits per heavy atom. The Labute approximate surface area is 215 Å². The van der Waals surface area contributed by atoms with E-state index in [-0.39, 0.29) is 18.2 Å². The van der Waals surface area contributed by atoms with Crippen LogP contribution < -0.4 is 10.1 Å². The van der Waals surface area contributed by atoms with Crippen molar-refractivity contribution in [2.24, 2.45) is 0 Å². The average molecular weight is 527 g/mol. The van der Waals surface area contributed by atoms with Crippen molar-refractivity contribution >= 4 is 11.6 Å². The van der Waals surface area contributed by atoms with Gasteiger partial charge in [0.25, 0.3) is 0 Å². The van der Waals surface area contributed by atoms with E-state index in [9.17, 15) is 28.2 Å². The molecule has 8 nitrogen and oxygen atoms in total. The minimum absolute atomic E-state index is 0.130. The third-order valence-electron chi connectivity index (χ3n) is 7.17. The Kier molecular flexibility index (Phi) is 5.83. The lowest BCUT2D eigenvalue weighted by molar-refractivity contribution is -0.137. The number of nitrogens with zero attached hydrogens (tertiary/aromatic N) is 2. The third kappa shape index (κ3) is 4.01. The number of aromatic hydroxyl groups is 2. The molecule has 2 aromatic carbocycles. The second kappa shape index (κ2) is 8.70. The summed E-state index contributed by atoms with van der Waals surface area (Å²) in [5.41, 5.74) is -2.53. The first-order valence-electron chi connectivity index (χ1n) is 11.9. The second-order valence-electron chi connectivity index (χ2n) is 9.70. The lowest BCUT2D eigenvalue weighted by atomic mass is 9.78. The second-order valence-corrected chi connectivity index (χ2v) is 9.70. The highest BCUT2D eigenvalue weighted by atomic mass is 19.4. The molecule has 3 heterocycles. The lowest BCUT2D eigenvalue weighted by Crippen LogP contribution is -2.25. The van der Waals surface area contributed by atoms with Crippen molar-refractivity contribution in [1.29, 1.82) is 5.26 Å². The number of alkyl halides is 3. The number of benzene rings is 2. The molecular weight excluding hydrogens is 503 g/mol. The molecule has 11 heteroatoms. The highest BCUT2D eigenvalue weighted by Gasteiger charge is 2.61. The number of nitriles is 1. The van der Waals surface area contributed by atoms with Gasteiger partial charge in [0.1, 0.15) is 11.4 Å². The van der Waals surface area contributed by atoms with Gasteiger partial charge >= 0.3 is 6.18 Å². The van der Waals surface area contributed by atoms with E-state index in [1.807, 2.05) is 0 Å². The van der Waals surface area contributed by atoms with E-state index in [1.54, 1.807) is 31.2 Å². The van der Waals surface area contributed by atoms with Crippen molar-refractivity contribution in [1.82, 2.24) is 4.57 Å². The largest absolute Gasteiger partial charge is 0.494 e. The summed E-state index contributed by atoms with van der Waals surface area (Å²) in [4.78, 5) is 11.2. The van der Waals surface area contributed by atoms with Gasteiger partial charge in [-0.05, 0) is 62.2 Å². The number of rotatable bonds is 6. The van der Waals surface area contributed by atoms with Crippen LogP contribution in [0.2, 0.25) is 0 Å². The molecule has 0 aliphatic carbocycles. The first kappa shape index (κ1) is 25.5. The molecule has 2 aliphatic rings. The molecule has 2 atom stereocenters. The highest BCUT2D eigenvalue weighted by Crippen LogP contribution is 2.65. The predicted octanol–water partition coefficient (Wildman–Crippen LogP) is 5.44. The first-order valence-corrected chi connectivity index (χ1v) is 11.9. The zero-order chi connectivity index (χ0) is 27.5. The molecule has 1 aromatic heterocycles. The van der Waals surface area contributed by atoms with Gasteiger partial charge in [0, 0.05) is 19.0 Å². The van der Waals surface area contributed by atoms with E-state index in [4.69, 9.17) is 14.7 Å². The summed E-state index contributed by atoms with van der Waals surface area (Å²) >= 11 is 0. The van der Waals surface area contributed by atoms with Crippen LogP contribution in [0.5, 0.6) is 17.5 Å². The zero-order valence-corrected chi connectivity index (χ0v) is 20.5. The van der Waals surface area contributed by atoms with Crippen LogP contribution in [0.3, 0.4) is 0 Å². The molecule has 0 spiro atoms. The Morgan fingerprint density at radius 2 is 1.84 bits per heavy atom. The summed E-state index contributed by atoms with van der Waals surface area (Å²) in [6.45, 7) is 3.37. The third-order valence-corrected chi connectivity index (χ3v) is 7.17. The molecule has 0 unspecified atom stereocenters. The van der Waals surface area contributed by atoms with Gasteiger partial charge in [-0.2, -0.15) is 18.4 Å². The Hall–Kier alpha value is -4.17. The van der Waals surface area contributed by atoms with Crippen LogP contribution in [0.4, 0.5) is 18.9 Å². The standard InChI is InChI=1S/C27H24F3N3O5/c1-15(34)32-17-4-7-19(8-5-17)37-12-11-26-10-9-25(2,38-26)21-22(26)24(36)33(23(21)35)18-6-3-16(14-31)20(13-18)27(28,29)30/h3-8,13,35-36H,9-12H2,1-2H3,(H,32,34)/t25-,26-/m1/s1. The number of aromatic nitrogens is 1. The van der Waals surface area contributed by atoms with E-state index in [0.717, 1.165) is 16.7 Å². The van der Waals surface area contributed by atoms with Gasteiger partial charge in [0.2, 0.25) is 17.7 Å². The summed E-state index contributed by atoms with van der Waals surface area (Å²) in [6, 6.07) is 11.3. The highest BCUT2D eigenvalue weighted by molar-refractivity contribution is 5.88. The smallest absolute Gasteiger partial charge is 0.417 e. The molecule has 3 aromatic rings. The molecule has 38 heavy (non-hydrogen) atoms. The summed E-state index contributed by atoms with van der Waals surface area (Å²) in [7, 11) is 0.